The first-order chi connectivity index (χ1) is 12.7. The van der Waals surface area contributed by atoms with Gasteiger partial charge in [-0.2, -0.15) is 0 Å². The van der Waals surface area contributed by atoms with Crippen LogP contribution in [0.5, 0.6) is 5.75 Å². The van der Waals surface area contributed by atoms with E-state index >= 15 is 0 Å². The zero-order chi connectivity index (χ0) is 18.4. The molecule has 1 amide bonds. The molecule has 0 aromatic heterocycles. The summed E-state index contributed by atoms with van der Waals surface area (Å²) in [6, 6.07) is 17.2. The van der Waals surface area contributed by atoms with Crippen molar-refractivity contribution in [3.05, 3.63) is 60.2 Å². The molecule has 0 spiro atoms. The van der Waals surface area contributed by atoms with Gasteiger partial charge in [0.2, 0.25) is 0 Å². The molecule has 5 nitrogen and oxygen atoms in total. The highest BCUT2D eigenvalue weighted by atomic mass is 16.5. The molecule has 26 heavy (non-hydrogen) atoms. The van der Waals surface area contributed by atoms with Crippen molar-refractivity contribution in [2.75, 3.05) is 18.6 Å². The van der Waals surface area contributed by atoms with Gasteiger partial charge in [-0.15, -0.1) is 6.61 Å². The van der Waals surface area contributed by atoms with Gasteiger partial charge in [0.25, 0.3) is 5.91 Å². The molecule has 2 aromatic rings. The fraction of sp³-hybridized carbons (Fsp3) is 0.381. The number of hydrogen-bond donors (Lipinski definition) is 0. The van der Waals surface area contributed by atoms with Crippen molar-refractivity contribution >= 4 is 11.6 Å². The third-order valence-corrected chi connectivity index (χ3v) is 4.68. The second-order valence-corrected chi connectivity index (χ2v) is 6.39. The van der Waals surface area contributed by atoms with Gasteiger partial charge in [-0.1, -0.05) is 43.2 Å². The summed E-state index contributed by atoms with van der Waals surface area (Å²) >= 11 is 0. The zero-order valence-electron chi connectivity index (χ0n) is 15.0. The van der Waals surface area contributed by atoms with Crippen LogP contribution in [0.25, 0.3) is 0 Å². The Morgan fingerprint density at radius 2 is 1.77 bits per heavy atom. The van der Waals surface area contributed by atoms with Crippen LogP contribution in [0.1, 0.15) is 24.8 Å². The number of carbonyl (C=O) groups excluding carboxylic acids is 1. The Balaban J connectivity index is 1.69. The van der Waals surface area contributed by atoms with Crippen molar-refractivity contribution in [2.24, 2.45) is 0 Å². The molecular weight excluding hydrogens is 330 g/mol. The summed E-state index contributed by atoms with van der Waals surface area (Å²) < 4.78 is 11.1. The van der Waals surface area contributed by atoms with E-state index < -0.39 is 6.10 Å². The topological polar surface area (TPSA) is 61.8 Å². The number of carbonyl (C=O) groups is 1. The van der Waals surface area contributed by atoms with Gasteiger partial charge in [-0.3, -0.25) is 4.79 Å². The average Bonchev–Trinajstić information content (AvgIpc) is 2.69. The van der Waals surface area contributed by atoms with Crippen molar-refractivity contribution in [3.63, 3.8) is 0 Å². The van der Waals surface area contributed by atoms with Gasteiger partial charge < -0.3 is 19.5 Å². The molecule has 0 aliphatic carbocycles. The second-order valence-electron chi connectivity index (χ2n) is 6.39. The van der Waals surface area contributed by atoms with E-state index in [0.29, 0.717) is 13.0 Å². The number of methoxy groups -OCH3 is 1. The fourth-order valence-electron chi connectivity index (χ4n) is 3.26. The van der Waals surface area contributed by atoms with E-state index in [1.165, 1.54) is 0 Å². The van der Waals surface area contributed by atoms with Crippen LogP contribution in [0.3, 0.4) is 0 Å². The smallest absolute Gasteiger partial charge is 0.258 e. The maximum absolute atomic E-state index is 12.7. The molecule has 0 radical (unpaired) electrons. The van der Waals surface area contributed by atoms with Crippen molar-refractivity contribution in [1.29, 1.82) is 0 Å². The molecule has 1 aliphatic rings. The maximum atomic E-state index is 12.7. The molecule has 5 heteroatoms. The first kappa shape index (κ1) is 18.4. The van der Waals surface area contributed by atoms with Crippen LogP contribution in [0, 0.1) is 0 Å². The molecule has 2 aromatic carbocycles. The number of hydrogen-bond acceptors (Lipinski definition) is 4. The van der Waals surface area contributed by atoms with E-state index in [1.54, 1.807) is 12.0 Å². The first-order valence-electron chi connectivity index (χ1n) is 8.95. The van der Waals surface area contributed by atoms with E-state index in [-0.39, 0.29) is 18.6 Å². The molecule has 138 valence electrons. The predicted molar refractivity (Wildman–Crippen MR) is 98.0 cm³/mol. The van der Waals surface area contributed by atoms with Crippen LogP contribution in [0.15, 0.2) is 54.6 Å². The highest BCUT2D eigenvalue weighted by molar-refractivity contribution is 6.04. The second kappa shape index (κ2) is 8.83. The summed E-state index contributed by atoms with van der Waals surface area (Å²) in [6.07, 6.45) is 1.72. The van der Waals surface area contributed by atoms with Crippen LogP contribution in [-0.4, -0.2) is 31.8 Å². The number of β-lactam (4-membered cyclic amide) rings is 1. The number of rotatable bonds is 9. The van der Waals surface area contributed by atoms with Crippen molar-refractivity contribution in [1.82, 2.24) is 0 Å². The normalized spacial score (nSPS) is 19.3. The Kier molecular flexibility index (Phi) is 6.26. The van der Waals surface area contributed by atoms with Gasteiger partial charge in [0.05, 0.1) is 19.8 Å². The molecule has 1 saturated heterocycles. The van der Waals surface area contributed by atoms with Crippen LogP contribution in [0.4, 0.5) is 5.69 Å². The van der Waals surface area contributed by atoms with E-state index in [9.17, 15) is 9.90 Å². The highest BCUT2D eigenvalue weighted by Gasteiger charge is 2.48. The molecule has 3 rings (SSSR count). The van der Waals surface area contributed by atoms with E-state index in [0.717, 1.165) is 29.8 Å². The number of amides is 1. The Bertz CT molecular complexity index is 702. The third kappa shape index (κ3) is 4.06. The zero-order valence-corrected chi connectivity index (χ0v) is 15.0. The fourth-order valence-corrected chi connectivity index (χ4v) is 3.26. The maximum Gasteiger partial charge on any atom is 0.258 e. The van der Waals surface area contributed by atoms with Crippen molar-refractivity contribution in [2.45, 2.75) is 38.0 Å². The number of nitrogens with zero attached hydrogens (tertiary/aromatic N) is 1. The van der Waals surface area contributed by atoms with Gasteiger partial charge in [-0.05, 0) is 36.2 Å². The lowest BCUT2D eigenvalue weighted by Gasteiger charge is -2.47. The molecule has 0 N–H and O–H groups in total. The van der Waals surface area contributed by atoms with Gasteiger partial charge >= 0.3 is 0 Å². The van der Waals surface area contributed by atoms with E-state index in [4.69, 9.17) is 9.47 Å². The predicted octanol–water partition coefficient (Wildman–Crippen LogP) is 2.53. The number of anilines is 1. The molecular formula is C21H24NO4-. The van der Waals surface area contributed by atoms with E-state index in [1.807, 2.05) is 54.6 Å². The van der Waals surface area contributed by atoms with Crippen molar-refractivity contribution < 1.29 is 19.4 Å². The van der Waals surface area contributed by atoms with Crippen LogP contribution >= 0.6 is 0 Å². The first-order valence-corrected chi connectivity index (χ1v) is 8.95. The summed E-state index contributed by atoms with van der Waals surface area (Å²) in [5.74, 6) is 0.722. The third-order valence-electron chi connectivity index (χ3n) is 4.68. The summed E-state index contributed by atoms with van der Waals surface area (Å²) in [7, 11) is 1.61. The van der Waals surface area contributed by atoms with Gasteiger partial charge in [0.1, 0.15) is 5.75 Å². The van der Waals surface area contributed by atoms with Gasteiger partial charge in [0.15, 0.2) is 6.10 Å². The molecule has 1 fully saturated rings. The molecule has 1 heterocycles. The Morgan fingerprint density at radius 3 is 2.42 bits per heavy atom. The molecule has 1 aliphatic heterocycles. The van der Waals surface area contributed by atoms with Crippen molar-refractivity contribution in [3.8, 4) is 5.75 Å². The minimum Gasteiger partial charge on any atom is -0.854 e. The Hall–Kier alpha value is -2.37. The standard InChI is InChI=1S/C21H24NO4/c1-25-18-12-10-17(11-13-18)22-19(9-5-6-14-23)20(21(22)24)26-15-16-7-3-2-4-8-16/h2-4,7-8,10-13,19-20H,5-6,9,14-15H2,1H3/q-1/t19-,20?/m0/s1. The van der Waals surface area contributed by atoms with Crippen LogP contribution < -0.4 is 14.7 Å². The summed E-state index contributed by atoms with van der Waals surface area (Å²) in [6.45, 7) is 0.324. The number of unbranched alkanes of at least 4 members (excludes halogenated alkanes) is 1. The summed E-state index contributed by atoms with van der Waals surface area (Å²) in [4.78, 5) is 14.5. The summed E-state index contributed by atoms with van der Waals surface area (Å²) in [5, 5.41) is 10.8. The molecule has 0 saturated carbocycles. The molecule has 0 bridgehead atoms. The summed E-state index contributed by atoms with van der Waals surface area (Å²) in [5.41, 5.74) is 1.88. The molecule has 1 unspecified atom stereocenters. The Labute approximate surface area is 154 Å². The lowest BCUT2D eigenvalue weighted by Crippen LogP contribution is -2.66. The van der Waals surface area contributed by atoms with E-state index in [2.05, 4.69) is 0 Å². The quantitative estimate of drug-likeness (QED) is 0.513. The monoisotopic (exact) mass is 354 g/mol. The van der Waals surface area contributed by atoms with Crippen LogP contribution in [-0.2, 0) is 16.1 Å². The van der Waals surface area contributed by atoms with Gasteiger partial charge in [-0.25, -0.2) is 0 Å². The van der Waals surface area contributed by atoms with Crippen LogP contribution in [0.2, 0.25) is 0 Å². The SMILES string of the molecule is COc1ccc(N2C(=O)C(OCc3ccccc3)[C@@H]2CCCC[O-])cc1. The average molecular weight is 354 g/mol. The lowest BCUT2D eigenvalue weighted by atomic mass is 9.91. The van der Waals surface area contributed by atoms with Gasteiger partial charge in [0, 0.05) is 5.69 Å². The Morgan fingerprint density at radius 1 is 1.04 bits per heavy atom. The minimum absolute atomic E-state index is 0.0294. The number of ether oxygens (including phenoxy) is 2. The molecule has 2 atom stereocenters. The largest absolute Gasteiger partial charge is 0.854 e. The number of benzene rings is 2. The lowest BCUT2D eigenvalue weighted by molar-refractivity contribution is -0.368. The minimum atomic E-state index is -0.455. The highest BCUT2D eigenvalue weighted by Crippen LogP contribution is 2.34.